The summed E-state index contributed by atoms with van der Waals surface area (Å²) in [6.07, 6.45) is 3.97. The van der Waals surface area contributed by atoms with Crippen LogP contribution in [0.4, 0.5) is 4.79 Å². The Balaban J connectivity index is 1.36. The molecular formula is C27H33ClN2O3. The minimum absolute atomic E-state index is 0.0148. The first-order chi connectivity index (χ1) is 15.8. The maximum absolute atomic E-state index is 13.0. The molecule has 4 aliphatic rings. The summed E-state index contributed by atoms with van der Waals surface area (Å²) in [5, 5.41) is 3.84. The number of benzene rings is 2. The first-order valence-corrected chi connectivity index (χ1v) is 12.4. The van der Waals surface area contributed by atoms with Gasteiger partial charge in [0.05, 0.1) is 18.2 Å². The quantitative estimate of drug-likeness (QED) is 0.611. The molecule has 3 fully saturated rings. The SMILES string of the molecule is COc1cc(-c2ccc3c(c2)CCC(C)(C)C3NC(=O)O[C@@H]2CN3CCC2CC3)ccc1Cl. The standard InChI is InChI=1S/C27H33ClN2O3/c1-27(2)11-8-20-14-18(19-5-7-22(28)23(15-19)32-3)4-6-21(20)25(27)29-26(31)33-24-16-30-12-9-17(24)10-13-30/h4-7,14-15,17,24-25H,8-13,16H2,1-3H3,(H,29,31)/t24-,25?/m1/s1. The summed E-state index contributed by atoms with van der Waals surface area (Å²) in [6.45, 7) is 7.60. The zero-order valence-electron chi connectivity index (χ0n) is 19.7. The van der Waals surface area contributed by atoms with Crippen molar-refractivity contribution < 1.29 is 14.3 Å². The minimum atomic E-state index is -0.286. The van der Waals surface area contributed by atoms with E-state index in [0.29, 0.717) is 16.7 Å². The number of carbonyl (C=O) groups is 1. The number of ether oxygens (including phenoxy) is 2. The van der Waals surface area contributed by atoms with Crippen molar-refractivity contribution in [2.75, 3.05) is 26.7 Å². The second kappa shape index (κ2) is 8.84. The van der Waals surface area contributed by atoms with Crippen molar-refractivity contribution >= 4 is 17.7 Å². The topological polar surface area (TPSA) is 50.8 Å². The van der Waals surface area contributed by atoms with E-state index >= 15 is 0 Å². The van der Waals surface area contributed by atoms with Crippen LogP contribution in [-0.4, -0.2) is 43.8 Å². The molecule has 2 aromatic carbocycles. The molecule has 176 valence electrons. The van der Waals surface area contributed by atoms with Crippen LogP contribution >= 0.6 is 11.6 Å². The lowest BCUT2D eigenvalue weighted by molar-refractivity contribution is -0.0353. The number of methoxy groups -OCH3 is 1. The van der Waals surface area contributed by atoms with Crippen LogP contribution in [0.2, 0.25) is 5.02 Å². The van der Waals surface area contributed by atoms with E-state index in [-0.39, 0.29) is 23.7 Å². The van der Waals surface area contributed by atoms with E-state index in [0.717, 1.165) is 56.4 Å². The van der Waals surface area contributed by atoms with Crippen LogP contribution in [0.3, 0.4) is 0 Å². The van der Waals surface area contributed by atoms with Gasteiger partial charge in [0.2, 0.25) is 0 Å². The van der Waals surface area contributed by atoms with Gasteiger partial charge in [-0.2, -0.15) is 0 Å². The number of nitrogens with one attached hydrogen (secondary N) is 1. The predicted molar refractivity (Wildman–Crippen MR) is 131 cm³/mol. The number of alkyl carbamates (subject to hydrolysis) is 1. The molecule has 1 amide bonds. The van der Waals surface area contributed by atoms with Crippen molar-refractivity contribution in [3.05, 3.63) is 52.5 Å². The number of fused-ring (bicyclic) bond motifs is 4. The third kappa shape index (κ3) is 4.45. The lowest BCUT2D eigenvalue weighted by Gasteiger charge is -2.44. The Bertz CT molecular complexity index is 1050. The van der Waals surface area contributed by atoms with Crippen LogP contribution in [0.25, 0.3) is 11.1 Å². The van der Waals surface area contributed by atoms with Gasteiger partial charge in [0.15, 0.2) is 0 Å². The van der Waals surface area contributed by atoms with Crippen LogP contribution in [-0.2, 0) is 11.2 Å². The van der Waals surface area contributed by atoms with Crippen molar-refractivity contribution in [3.63, 3.8) is 0 Å². The summed E-state index contributed by atoms with van der Waals surface area (Å²) < 4.78 is 11.3. The zero-order valence-corrected chi connectivity index (χ0v) is 20.5. The van der Waals surface area contributed by atoms with Gasteiger partial charge in [0, 0.05) is 6.54 Å². The molecule has 2 aromatic rings. The number of hydrogen-bond acceptors (Lipinski definition) is 4. The van der Waals surface area contributed by atoms with Crippen molar-refractivity contribution in [1.29, 1.82) is 0 Å². The van der Waals surface area contributed by atoms with Gasteiger partial charge in [-0.15, -0.1) is 0 Å². The summed E-state index contributed by atoms with van der Waals surface area (Å²) in [6, 6.07) is 12.3. The van der Waals surface area contributed by atoms with Crippen LogP contribution in [0.1, 0.15) is 50.3 Å². The molecule has 6 rings (SSSR count). The average Bonchev–Trinajstić information content (AvgIpc) is 2.82. The highest BCUT2D eigenvalue weighted by atomic mass is 35.5. The van der Waals surface area contributed by atoms with Gasteiger partial charge in [-0.05, 0) is 84.5 Å². The van der Waals surface area contributed by atoms with E-state index in [2.05, 4.69) is 42.3 Å². The third-order valence-corrected chi connectivity index (χ3v) is 8.19. The van der Waals surface area contributed by atoms with Crippen molar-refractivity contribution in [2.45, 2.75) is 51.7 Å². The largest absolute Gasteiger partial charge is 0.495 e. The molecule has 3 heterocycles. The zero-order chi connectivity index (χ0) is 23.2. The van der Waals surface area contributed by atoms with E-state index < -0.39 is 0 Å². The maximum atomic E-state index is 13.0. The van der Waals surface area contributed by atoms with Crippen molar-refractivity contribution in [1.82, 2.24) is 10.2 Å². The van der Waals surface area contributed by atoms with E-state index in [1.165, 1.54) is 11.1 Å². The number of rotatable bonds is 4. The Morgan fingerprint density at radius 1 is 1.12 bits per heavy atom. The molecule has 5 nitrogen and oxygen atoms in total. The molecule has 3 aliphatic heterocycles. The number of nitrogens with zero attached hydrogens (tertiary/aromatic N) is 1. The number of carbonyl (C=O) groups excluding carboxylic acids is 1. The Hall–Kier alpha value is -2.24. The third-order valence-electron chi connectivity index (χ3n) is 7.88. The number of aryl methyl sites for hydroxylation is 1. The molecule has 0 aromatic heterocycles. The number of hydrogen-bond donors (Lipinski definition) is 1. The van der Waals surface area contributed by atoms with Gasteiger partial charge in [0.25, 0.3) is 0 Å². The summed E-state index contributed by atoms with van der Waals surface area (Å²) in [5.74, 6) is 1.18. The Labute approximate surface area is 201 Å². The summed E-state index contributed by atoms with van der Waals surface area (Å²) in [5.41, 5.74) is 4.59. The van der Waals surface area contributed by atoms with Gasteiger partial charge < -0.3 is 14.8 Å². The van der Waals surface area contributed by atoms with E-state index in [4.69, 9.17) is 21.1 Å². The first-order valence-electron chi connectivity index (χ1n) is 12.0. The molecule has 1 aliphatic carbocycles. The molecule has 0 radical (unpaired) electrons. The van der Waals surface area contributed by atoms with Gasteiger partial charge >= 0.3 is 6.09 Å². The second-order valence-electron chi connectivity index (χ2n) is 10.4. The van der Waals surface area contributed by atoms with Crippen LogP contribution in [0.15, 0.2) is 36.4 Å². The van der Waals surface area contributed by atoms with E-state index in [1.54, 1.807) is 7.11 Å². The summed E-state index contributed by atoms with van der Waals surface area (Å²) in [7, 11) is 1.63. The van der Waals surface area contributed by atoms with Crippen LogP contribution in [0, 0.1) is 11.3 Å². The lowest BCUT2D eigenvalue weighted by atomic mass is 9.70. The monoisotopic (exact) mass is 468 g/mol. The molecule has 0 spiro atoms. The highest BCUT2D eigenvalue weighted by Crippen LogP contribution is 2.45. The minimum Gasteiger partial charge on any atom is -0.495 e. The number of halogens is 1. The molecular weight excluding hydrogens is 436 g/mol. The molecule has 1 unspecified atom stereocenters. The molecule has 2 atom stereocenters. The number of piperidine rings is 3. The smallest absolute Gasteiger partial charge is 0.407 e. The van der Waals surface area contributed by atoms with E-state index in [1.807, 2.05) is 18.2 Å². The molecule has 1 N–H and O–H groups in total. The van der Waals surface area contributed by atoms with Crippen LogP contribution < -0.4 is 10.1 Å². The average molecular weight is 469 g/mol. The van der Waals surface area contributed by atoms with Gasteiger partial charge in [-0.3, -0.25) is 4.90 Å². The fraction of sp³-hybridized carbons (Fsp3) is 0.519. The van der Waals surface area contributed by atoms with Crippen molar-refractivity contribution in [3.8, 4) is 16.9 Å². The maximum Gasteiger partial charge on any atom is 0.407 e. The normalized spacial score (nSPS) is 27.5. The molecule has 33 heavy (non-hydrogen) atoms. The Morgan fingerprint density at radius 3 is 2.55 bits per heavy atom. The Morgan fingerprint density at radius 2 is 1.85 bits per heavy atom. The molecule has 0 saturated carbocycles. The molecule has 6 heteroatoms. The second-order valence-corrected chi connectivity index (χ2v) is 10.8. The first kappa shape index (κ1) is 22.5. The fourth-order valence-electron chi connectivity index (χ4n) is 5.75. The fourth-order valence-corrected chi connectivity index (χ4v) is 5.95. The lowest BCUT2D eigenvalue weighted by Crippen LogP contribution is -2.53. The summed E-state index contributed by atoms with van der Waals surface area (Å²) >= 11 is 6.21. The Kier molecular flexibility index (Phi) is 6.04. The van der Waals surface area contributed by atoms with Crippen molar-refractivity contribution in [2.24, 2.45) is 11.3 Å². The number of amides is 1. The van der Waals surface area contributed by atoms with Gasteiger partial charge in [-0.25, -0.2) is 4.79 Å². The van der Waals surface area contributed by atoms with Gasteiger partial charge in [-0.1, -0.05) is 49.7 Å². The molecule has 2 bridgehead atoms. The summed E-state index contributed by atoms with van der Waals surface area (Å²) in [4.78, 5) is 15.4. The van der Waals surface area contributed by atoms with Gasteiger partial charge in [0.1, 0.15) is 11.9 Å². The van der Waals surface area contributed by atoms with Crippen LogP contribution in [0.5, 0.6) is 5.75 Å². The van der Waals surface area contributed by atoms with E-state index in [9.17, 15) is 4.79 Å². The highest BCUT2D eigenvalue weighted by Gasteiger charge is 2.40. The highest BCUT2D eigenvalue weighted by molar-refractivity contribution is 6.32. The predicted octanol–water partition coefficient (Wildman–Crippen LogP) is 5.85. The molecule has 3 saturated heterocycles.